The Kier molecular flexibility index (Phi) is 6.00. The first-order chi connectivity index (χ1) is 8.58. The maximum absolute atomic E-state index is 11.7. The molecule has 0 atom stereocenters. The predicted octanol–water partition coefficient (Wildman–Crippen LogP) is 1.18. The number of carbonyl (C=O) groups excluding carboxylic acids is 2. The van der Waals surface area contributed by atoms with Crippen LogP contribution in [0.25, 0.3) is 0 Å². The van der Waals surface area contributed by atoms with Crippen LogP contribution in [0.4, 0.5) is 0 Å². The van der Waals surface area contributed by atoms with E-state index in [1.54, 1.807) is 4.90 Å². The van der Waals surface area contributed by atoms with Crippen LogP contribution < -0.4 is 5.32 Å². The number of nitrogens with zero attached hydrogens (tertiary/aromatic N) is 3. The Balaban J connectivity index is 2.34. The Labute approximate surface area is 114 Å². The predicted molar refractivity (Wildman–Crippen MR) is 69.8 cm³/mol. The molecule has 6 nitrogen and oxygen atoms in total. The van der Waals surface area contributed by atoms with Crippen molar-refractivity contribution in [1.82, 2.24) is 20.4 Å². The van der Waals surface area contributed by atoms with Gasteiger partial charge in [-0.1, -0.05) is 11.3 Å². The zero-order valence-corrected chi connectivity index (χ0v) is 11.8. The van der Waals surface area contributed by atoms with Gasteiger partial charge in [0.1, 0.15) is 0 Å². The number of halogens is 1. The highest BCUT2D eigenvalue weighted by Crippen LogP contribution is 2.14. The summed E-state index contributed by atoms with van der Waals surface area (Å²) < 4.78 is 0.222. The van der Waals surface area contributed by atoms with E-state index in [2.05, 4.69) is 15.5 Å². The average Bonchev–Trinajstić information content (AvgIpc) is 2.77. The largest absolute Gasteiger partial charge is 0.349 e. The molecule has 0 saturated heterocycles. The lowest BCUT2D eigenvalue weighted by atomic mass is 10.3. The van der Waals surface area contributed by atoms with E-state index in [9.17, 15) is 9.59 Å². The third-order valence-corrected chi connectivity index (χ3v) is 3.35. The fourth-order valence-electron chi connectivity index (χ4n) is 1.39. The van der Waals surface area contributed by atoms with Gasteiger partial charge in [0.25, 0.3) is 5.91 Å². The summed E-state index contributed by atoms with van der Waals surface area (Å²) in [5, 5.41) is 9.96. The molecule has 0 aliphatic heterocycles. The van der Waals surface area contributed by atoms with Crippen LogP contribution in [0.2, 0.25) is 4.47 Å². The SMILES string of the molecule is CCN(CC)C(=O)CCNC(=O)c1nnc(Cl)s1. The summed E-state index contributed by atoms with van der Waals surface area (Å²) in [7, 11) is 0. The van der Waals surface area contributed by atoms with Gasteiger partial charge in [-0.05, 0) is 25.4 Å². The van der Waals surface area contributed by atoms with Gasteiger partial charge in [0.15, 0.2) is 0 Å². The zero-order valence-electron chi connectivity index (χ0n) is 10.3. The lowest BCUT2D eigenvalue weighted by Gasteiger charge is -2.18. The minimum atomic E-state index is -0.355. The van der Waals surface area contributed by atoms with Crippen molar-refractivity contribution in [2.24, 2.45) is 0 Å². The number of amides is 2. The highest BCUT2D eigenvalue weighted by Gasteiger charge is 2.13. The molecule has 0 aromatic carbocycles. The van der Waals surface area contributed by atoms with Crippen molar-refractivity contribution in [2.75, 3.05) is 19.6 Å². The van der Waals surface area contributed by atoms with Gasteiger partial charge in [0, 0.05) is 26.1 Å². The van der Waals surface area contributed by atoms with Crippen molar-refractivity contribution in [2.45, 2.75) is 20.3 Å². The van der Waals surface area contributed by atoms with Crippen molar-refractivity contribution in [3.63, 3.8) is 0 Å². The standard InChI is InChI=1S/C10H15ClN4O2S/c1-3-15(4-2)7(16)5-6-12-8(17)9-13-14-10(11)18-9/h3-6H2,1-2H3,(H,12,17). The van der Waals surface area contributed by atoms with Crippen molar-refractivity contribution in [3.8, 4) is 0 Å². The number of nitrogens with one attached hydrogen (secondary N) is 1. The van der Waals surface area contributed by atoms with Crippen LogP contribution in [-0.2, 0) is 4.79 Å². The molecule has 0 saturated carbocycles. The molecule has 18 heavy (non-hydrogen) atoms. The molecule has 8 heteroatoms. The van der Waals surface area contributed by atoms with Crippen molar-refractivity contribution in [1.29, 1.82) is 0 Å². The molecule has 0 bridgehead atoms. The molecule has 1 aromatic rings. The molecule has 0 aliphatic carbocycles. The van der Waals surface area contributed by atoms with Crippen molar-refractivity contribution in [3.05, 3.63) is 9.47 Å². The van der Waals surface area contributed by atoms with Crippen LogP contribution in [0, 0.1) is 0 Å². The highest BCUT2D eigenvalue weighted by atomic mass is 35.5. The van der Waals surface area contributed by atoms with E-state index < -0.39 is 0 Å². The number of hydrogen-bond acceptors (Lipinski definition) is 5. The molecule has 1 rings (SSSR count). The molecule has 0 radical (unpaired) electrons. The number of hydrogen-bond donors (Lipinski definition) is 1. The van der Waals surface area contributed by atoms with Gasteiger partial charge in [-0.15, -0.1) is 10.2 Å². The van der Waals surface area contributed by atoms with Gasteiger partial charge in [-0.3, -0.25) is 9.59 Å². The van der Waals surface area contributed by atoms with E-state index >= 15 is 0 Å². The van der Waals surface area contributed by atoms with Gasteiger partial charge >= 0.3 is 0 Å². The quantitative estimate of drug-likeness (QED) is 0.854. The Bertz CT molecular complexity index is 420. The molecule has 0 spiro atoms. The van der Waals surface area contributed by atoms with E-state index in [4.69, 9.17) is 11.6 Å². The Morgan fingerprint density at radius 2 is 2.00 bits per heavy atom. The minimum Gasteiger partial charge on any atom is -0.349 e. The summed E-state index contributed by atoms with van der Waals surface area (Å²) in [6, 6.07) is 0. The lowest BCUT2D eigenvalue weighted by molar-refractivity contribution is -0.130. The second-order valence-electron chi connectivity index (χ2n) is 3.43. The second-order valence-corrected chi connectivity index (χ2v) is 4.99. The van der Waals surface area contributed by atoms with Crippen molar-refractivity contribution < 1.29 is 9.59 Å². The first kappa shape index (κ1) is 14.8. The lowest BCUT2D eigenvalue weighted by Crippen LogP contribution is -2.34. The summed E-state index contributed by atoms with van der Waals surface area (Å²) in [5.41, 5.74) is 0. The van der Waals surface area contributed by atoms with Crippen LogP contribution in [0.3, 0.4) is 0 Å². The summed E-state index contributed by atoms with van der Waals surface area (Å²) in [6.07, 6.45) is 0.278. The second kappa shape index (κ2) is 7.27. The topological polar surface area (TPSA) is 75.2 Å². The third-order valence-electron chi connectivity index (χ3n) is 2.34. The zero-order chi connectivity index (χ0) is 13.5. The van der Waals surface area contributed by atoms with Gasteiger partial charge in [-0.2, -0.15) is 0 Å². The summed E-state index contributed by atoms with van der Waals surface area (Å²) in [4.78, 5) is 24.9. The molecule has 0 aliphatic rings. The first-order valence-corrected chi connectivity index (χ1v) is 6.82. The van der Waals surface area contributed by atoms with Crippen LogP contribution in [0.15, 0.2) is 0 Å². The fourth-order valence-corrected chi connectivity index (χ4v) is 2.13. The van der Waals surface area contributed by atoms with Gasteiger partial charge < -0.3 is 10.2 Å². The Hall–Kier alpha value is -1.21. The van der Waals surface area contributed by atoms with Gasteiger partial charge in [-0.25, -0.2) is 0 Å². The summed E-state index contributed by atoms with van der Waals surface area (Å²) >= 11 is 6.58. The molecule has 1 heterocycles. The Morgan fingerprint density at radius 1 is 1.33 bits per heavy atom. The maximum Gasteiger partial charge on any atom is 0.282 e. The number of rotatable bonds is 6. The van der Waals surface area contributed by atoms with E-state index in [1.807, 2.05) is 13.8 Å². The normalized spacial score (nSPS) is 10.2. The molecule has 0 unspecified atom stereocenters. The van der Waals surface area contributed by atoms with Crippen LogP contribution in [0.1, 0.15) is 30.1 Å². The number of carbonyl (C=O) groups is 2. The van der Waals surface area contributed by atoms with E-state index in [0.29, 0.717) is 13.1 Å². The van der Waals surface area contributed by atoms with Crippen molar-refractivity contribution >= 4 is 34.8 Å². The van der Waals surface area contributed by atoms with E-state index in [-0.39, 0.29) is 34.3 Å². The molecule has 1 N–H and O–H groups in total. The van der Waals surface area contributed by atoms with Gasteiger partial charge in [0.2, 0.25) is 15.4 Å². The van der Waals surface area contributed by atoms with Crippen LogP contribution >= 0.6 is 22.9 Å². The van der Waals surface area contributed by atoms with Crippen LogP contribution in [0.5, 0.6) is 0 Å². The van der Waals surface area contributed by atoms with E-state index in [0.717, 1.165) is 11.3 Å². The monoisotopic (exact) mass is 290 g/mol. The first-order valence-electron chi connectivity index (χ1n) is 5.63. The molecular formula is C10H15ClN4O2S. The average molecular weight is 291 g/mol. The van der Waals surface area contributed by atoms with Gasteiger partial charge in [0.05, 0.1) is 0 Å². The third kappa shape index (κ3) is 4.23. The smallest absolute Gasteiger partial charge is 0.282 e. The maximum atomic E-state index is 11.7. The van der Waals surface area contributed by atoms with E-state index in [1.165, 1.54) is 0 Å². The molecule has 100 valence electrons. The molecule has 0 fully saturated rings. The fraction of sp³-hybridized carbons (Fsp3) is 0.600. The Morgan fingerprint density at radius 3 is 2.50 bits per heavy atom. The molecule has 2 amide bonds. The summed E-state index contributed by atoms with van der Waals surface area (Å²) in [5.74, 6) is -0.331. The highest BCUT2D eigenvalue weighted by molar-refractivity contribution is 7.17. The molecule has 1 aromatic heterocycles. The minimum absolute atomic E-state index is 0.0237. The number of aromatic nitrogens is 2. The molecular weight excluding hydrogens is 276 g/mol. The van der Waals surface area contributed by atoms with Crippen LogP contribution in [-0.4, -0.2) is 46.5 Å². The summed E-state index contributed by atoms with van der Waals surface area (Å²) in [6.45, 7) is 5.47.